The zero-order chi connectivity index (χ0) is 13.0. The van der Waals surface area contributed by atoms with Crippen LogP contribution in [0.4, 0.5) is 0 Å². The van der Waals surface area contributed by atoms with E-state index < -0.39 is 0 Å². The van der Waals surface area contributed by atoms with Gasteiger partial charge in [0.25, 0.3) is 0 Å². The molecule has 0 aliphatic carbocycles. The van der Waals surface area contributed by atoms with Crippen molar-refractivity contribution in [1.82, 2.24) is 10.6 Å². The second kappa shape index (κ2) is 6.87. The number of amides is 1. The Labute approximate surface area is 123 Å². The summed E-state index contributed by atoms with van der Waals surface area (Å²) in [6.45, 7) is 6.48. The summed E-state index contributed by atoms with van der Waals surface area (Å²) in [6.07, 6.45) is 0. The van der Waals surface area contributed by atoms with Crippen molar-refractivity contribution >= 4 is 49.1 Å². The summed E-state index contributed by atoms with van der Waals surface area (Å²) in [6, 6.07) is 2.04. The Kier molecular flexibility index (Phi) is 6.12. The molecule has 2 N–H and O–H groups in total. The summed E-state index contributed by atoms with van der Waals surface area (Å²) in [5.74, 6) is 0.0367. The average molecular weight is 384 g/mol. The fourth-order valence-corrected chi connectivity index (χ4v) is 3.36. The molecule has 0 aromatic carbocycles. The third-order valence-electron chi connectivity index (χ3n) is 2.10. The minimum Gasteiger partial charge on any atom is -0.353 e. The van der Waals surface area contributed by atoms with Crippen molar-refractivity contribution in [2.45, 2.75) is 39.4 Å². The quantitative estimate of drug-likeness (QED) is 0.819. The van der Waals surface area contributed by atoms with Gasteiger partial charge in [-0.15, -0.1) is 11.3 Å². The maximum Gasteiger partial charge on any atom is 0.237 e. The van der Waals surface area contributed by atoms with Gasteiger partial charge in [0, 0.05) is 21.9 Å². The number of hydrogen-bond donors (Lipinski definition) is 2. The molecule has 0 saturated carbocycles. The number of rotatable bonds is 5. The Morgan fingerprint density at radius 2 is 2.06 bits per heavy atom. The van der Waals surface area contributed by atoms with Crippen LogP contribution in [-0.2, 0) is 11.3 Å². The Balaban J connectivity index is 2.42. The van der Waals surface area contributed by atoms with Gasteiger partial charge in [-0.05, 0) is 58.7 Å². The molecule has 1 heterocycles. The number of hydrogen-bond acceptors (Lipinski definition) is 3. The average Bonchev–Trinajstić information content (AvgIpc) is 2.54. The minimum absolute atomic E-state index is 0.0367. The lowest BCUT2D eigenvalue weighted by molar-refractivity contribution is -0.123. The van der Waals surface area contributed by atoms with Crippen LogP contribution in [0.3, 0.4) is 0 Å². The smallest absolute Gasteiger partial charge is 0.237 e. The zero-order valence-corrected chi connectivity index (χ0v) is 14.0. The van der Waals surface area contributed by atoms with Gasteiger partial charge in [0.2, 0.25) is 5.91 Å². The van der Waals surface area contributed by atoms with Crippen molar-refractivity contribution < 1.29 is 4.79 Å². The molecule has 1 amide bonds. The first kappa shape index (κ1) is 15.1. The van der Waals surface area contributed by atoms with Crippen molar-refractivity contribution in [2.24, 2.45) is 0 Å². The molecule has 1 aromatic rings. The van der Waals surface area contributed by atoms with E-state index in [1.807, 2.05) is 20.8 Å². The molecule has 0 bridgehead atoms. The van der Waals surface area contributed by atoms with Gasteiger partial charge in [-0.25, -0.2) is 0 Å². The predicted octanol–water partition coefficient (Wildman–Crippen LogP) is 3.28. The Hall–Kier alpha value is 0.0900. The molecule has 0 fully saturated rings. The topological polar surface area (TPSA) is 41.1 Å². The normalized spacial score (nSPS) is 12.8. The first-order valence-electron chi connectivity index (χ1n) is 5.37. The number of carbonyl (C=O) groups excluding carboxylic acids is 1. The third-order valence-corrected chi connectivity index (χ3v) is 5.36. The zero-order valence-electron chi connectivity index (χ0n) is 10.0. The number of nitrogens with one attached hydrogen (secondary N) is 2. The fraction of sp³-hybridized carbons (Fsp3) is 0.545. The highest BCUT2D eigenvalue weighted by Crippen LogP contribution is 2.32. The summed E-state index contributed by atoms with van der Waals surface area (Å²) < 4.78 is 2.13. The summed E-state index contributed by atoms with van der Waals surface area (Å²) in [7, 11) is 0. The van der Waals surface area contributed by atoms with Gasteiger partial charge in [-0.2, -0.15) is 0 Å². The highest BCUT2D eigenvalue weighted by molar-refractivity contribution is 9.13. The molecule has 0 saturated heterocycles. The van der Waals surface area contributed by atoms with E-state index in [2.05, 4.69) is 48.6 Å². The van der Waals surface area contributed by atoms with Crippen molar-refractivity contribution in [3.8, 4) is 0 Å². The highest BCUT2D eigenvalue weighted by atomic mass is 79.9. The van der Waals surface area contributed by atoms with Gasteiger partial charge in [0.15, 0.2) is 0 Å². The summed E-state index contributed by atoms with van der Waals surface area (Å²) >= 11 is 8.55. The van der Waals surface area contributed by atoms with E-state index in [9.17, 15) is 4.79 Å². The van der Waals surface area contributed by atoms with Crippen LogP contribution >= 0.6 is 43.2 Å². The van der Waals surface area contributed by atoms with E-state index in [1.54, 1.807) is 11.3 Å². The molecule has 1 atom stereocenters. The molecule has 96 valence electrons. The van der Waals surface area contributed by atoms with E-state index in [4.69, 9.17) is 0 Å². The van der Waals surface area contributed by atoms with Crippen molar-refractivity contribution in [1.29, 1.82) is 0 Å². The molecule has 0 aliphatic rings. The minimum atomic E-state index is -0.183. The number of carbonyl (C=O) groups is 1. The van der Waals surface area contributed by atoms with Gasteiger partial charge < -0.3 is 10.6 Å². The van der Waals surface area contributed by atoms with Gasteiger partial charge >= 0.3 is 0 Å². The van der Waals surface area contributed by atoms with E-state index in [-0.39, 0.29) is 18.0 Å². The molecule has 0 aliphatic heterocycles. The predicted molar refractivity (Wildman–Crippen MR) is 79.3 cm³/mol. The van der Waals surface area contributed by atoms with E-state index in [0.717, 1.165) is 8.26 Å². The summed E-state index contributed by atoms with van der Waals surface area (Å²) in [5, 5.41) is 6.08. The van der Waals surface area contributed by atoms with Gasteiger partial charge in [0.1, 0.15) is 0 Å². The van der Waals surface area contributed by atoms with E-state index in [0.29, 0.717) is 6.54 Å². The molecular weight excluding hydrogens is 368 g/mol. The molecule has 1 rings (SSSR count). The highest BCUT2D eigenvalue weighted by Gasteiger charge is 2.13. The molecule has 6 heteroatoms. The van der Waals surface area contributed by atoms with Gasteiger partial charge in [-0.3, -0.25) is 4.79 Å². The molecule has 0 radical (unpaired) electrons. The molecule has 0 spiro atoms. The molecule has 1 unspecified atom stereocenters. The van der Waals surface area contributed by atoms with Crippen LogP contribution in [0.25, 0.3) is 0 Å². The van der Waals surface area contributed by atoms with Crippen LogP contribution in [0, 0.1) is 0 Å². The monoisotopic (exact) mass is 382 g/mol. The summed E-state index contributed by atoms with van der Waals surface area (Å²) in [5.41, 5.74) is 0. The van der Waals surface area contributed by atoms with Crippen LogP contribution in [0.15, 0.2) is 14.3 Å². The van der Waals surface area contributed by atoms with Crippen molar-refractivity contribution in [3.63, 3.8) is 0 Å². The Morgan fingerprint density at radius 3 is 2.53 bits per heavy atom. The maximum absolute atomic E-state index is 11.7. The second-order valence-corrected chi connectivity index (χ2v) is 7.41. The molecule has 17 heavy (non-hydrogen) atoms. The number of thiophene rings is 1. The molecular formula is C11H16Br2N2OS. The lowest BCUT2D eigenvalue weighted by Gasteiger charge is -2.15. The first-order valence-corrected chi connectivity index (χ1v) is 7.78. The maximum atomic E-state index is 11.7. The van der Waals surface area contributed by atoms with Crippen LogP contribution in [0.1, 0.15) is 25.6 Å². The third kappa shape index (κ3) is 5.07. The van der Waals surface area contributed by atoms with Gasteiger partial charge in [-0.1, -0.05) is 0 Å². The Bertz CT molecular complexity index is 373. The SMILES string of the molecule is CC(C)NC(=O)C(C)NCc1cc(Br)c(Br)s1. The van der Waals surface area contributed by atoms with Gasteiger partial charge in [0.05, 0.1) is 9.83 Å². The van der Waals surface area contributed by atoms with Crippen molar-refractivity contribution in [2.75, 3.05) is 0 Å². The molecule has 1 aromatic heterocycles. The van der Waals surface area contributed by atoms with E-state index >= 15 is 0 Å². The lowest BCUT2D eigenvalue weighted by atomic mass is 10.2. The van der Waals surface area contributed by atoms with Crippen LogP contribution < -0.4 is 10.6 Å². The molecule has 3 nitrogen and oxygen atoms in total. The van der Waals surface area contributed by atoms with Crippen LogP contribution in [0.2, 0.25) is 0 Å². The Morgan fingerprint density at radius 1 is 1.41 bits per heavy atom. The summed E-state index contributed by atoms with van der Waals surface area (Å²) in [4.78, 5) is 12.8. The van der Waals surface area contributed by atoms with Crippen molar-refractivity contribution in [3.05, 3.63) is 19.2 Å². The first-order chi connectivity index (χ1) is 7.90. The standard InChI is InChI=1S/C11H16Br2N2OS/c1-6(2)15-11(16)7(3)14-5-8-4-9(12)10(13)17-8/h4,6-7,14H,5H2,1-3H3,(H,15,16). The fourth-order valence-electron chi connectivity index (χ4n) is 1.23. The van der Waals surface area contributed by atoms with Crippen LogP contribution in [-0.4, -0.2) is 18.0 Å². The number of halogens is 2. The lowest BCUT2D eigenvalue weighted by Crippen LogP contribution is -2.44. The van der Waals surface area contributed by atoms with E-state index in [1.165, 1.54) is 4.88 Å². The second-order valence-electron chi connectivity index (χ2n) is 4.10. The van der Waals surface area contributed by atoms with Crippen LogP contribution in [0.5, 0.6) is 0 Å². The largest absolute Gasteiger partial charge is 0.353 e.